The van der Waals surface area contributed by atoms with Crippen LogP contribution in [-0.4, -0.2) is 24.4 Å². The number of ether oxygens (including phenoxy) is 2. The van der Waals surface area contributed by atoms with E-state index in [2.05, 4.69) is 34.7 Å². The average molecular weight is 382 g/mol. The molecule has 104 valence electrons. The molecule has 0 amide bonds. The third-order valence-corrected chi connectivity index (χ3v) is 4.64. The summed E-state index contributed by atoms with van der Waals surface area (Å²) in [6.07, 6.45) is 0.281. The van der Waals surface area contributed by atoms with Crippen LogP contribution in [0.2, 0.25) is 0 Å². The molecule has 1 fully saturated rings. The van der Waals surface area contributed by atoms with Crippen molar-refractivity contribution in [2.75, 3.05) is 13.2 Å². The van der Waals surface area contributed by atoms with E-state index in [0.29, 0.717) is 12.4 Å². The number of hydrogen-bond acceptors (Lipinski definition) is 3. The van der Waals surface area contributed by atoms with E-state index in [9.17, 15) is 5.11 Å². The van der Waals surface area contributed by atoms with Crippen molar-refractivity contribution in [3.05, 3.63) is 59.7 Å². The largest absolute Gasteiger partial charge is 0.508 e. The Kier molecular flexibility index (Phi) is 4.12. The molecule has 1 saturated heterocycles. The van der Waals surface area contributed by atoms with Gasteiger partial charge < -0.3 is 14.6 Å². The van der Waals surface area contributed by atoms with Crippen molar-refractivity contribution < 1.29 is 14.6 Å². The third kappa shape index (κ3) is 3.43. The zero-order valence-corrected chi connectivity index (χ0v) is 13.0. The maximum absolute atomic E-state index is 9.33. The van der Waals surface area contributed by atoms with Crippen molar-refractivity contribution in [2.45, 2.75) is 10.0 Å². The predicted molar refractivity (Wildman–Crippen MR) is 85.6 cm³/mol. The molecular weight excluding hydrogens is 367 g/mol. The number of halogens is 1. The van der Waals surface area contributed by atoms with Crippen LogP contribution in [0, 0.1) is 0 Å². The fourth-order valence-corrected chi connectivity index (χ4v) is 2.75. The molecule has 0 aromatic heterocycles. The topological polar surface area (TPSA) is 42.0 Å². The normalized spacial score (nSPS) is 18.6. The summed E-state index contributed by atoms with van der Waals surface area (Å²) in [4.78, 5) is 0. The highest BCUT2D eigenvalue weighted by molar-refractivity contribution is 14.1. The first kappa shape index (κ1) is 13.7. The number of aromatic hydroxyl groups is 1. The molecule has 0 bridgehead atoms. The van der Waals surface area contributed by atoms with E-state index >= 15 is 0 Å². The molecule has 0 spiro atoms. The highest BCUT2D eigenvalue weighted by Crippen LogP contribution is 2.33. The lowest BCUT2D eigenvalue weighted by molar-refractivity contribution is 0.263. The van der Waals surface area contributed by atoms with Crippen LogP contribution in [0.1, 0.15) is 15.1 Å². The van der Waals surface area contributed by atoms with Gasteiger partial charge in [-0.15, -0.1) is 0 Å². The molecule has 2 aromatic rings. The standard InChI is InChI=1S/C16H15IO3/c17-16(11-1-5-13(18)6-2-11)12-3-7-14(8-4-12)19-9-15-10-20-15/h1-8,15-16,18H,9-10H2. The van der Waals surface area contributed by atoms with Gasteiger partial charge in [0.2, 0.25) is 0 Å². The van der Waals surface area contributed by atoms with Gasteiger partial charge in [-0.2, -0.15) is 0 Å². The molecule has 1 N–H and O–H groups in total. The smallest absolute Gasteiger partial charge is 0.119 e. The SMILES string of the molecule is Oc1ccc(C(I)c2ccc(OCC3CO3)cc2)cc1. The molecule has 3 rings (SSSR count). The highest BCUT2D eigenvalue weighted by atomic mass is 127. The van der Waals surface area contributed by atoms with Crippen LogP contribution in [0.15, 0.2) is 48.5 Å². The monoisotopic (exact) mass is 382 g/mol. The van der Waals surface area contributed by atoms with Crippen LogP contribution in [0.3, 0.4) is 0 Å². The van der Waals surface area contributed by atoms with E-state index in [1.165, 1.54) is 11.1 Å². The Labute approximate surface area is 131 Å². The Bertz CT molecular complexity index is 561. The van der Waals surface area contributed by atoms with Crippen molar-refractivity contribution in [1.29, 1.82) is 0 Å². The van der Waals surface area contributed by atoms with Crippen LogP contribution in [0.4, 0.5) is 0 Å². The lowest BCUT2D eigenvalue weighted by atomic mass is 10.0. The molecule has 1 aliphatic heterocycles. The van der Waals surface area contributed by atoms with Gasteiger partial charge in [0.1, 0.15) is 24.2 Å². The number of hydrogen-bond donors (Lipinski definition) is 1. The number of epoxide rings is 1. The van der Waals surface area contributed by atoms with Gasteiger partial charge in [-0.25, -0.2) is 0 Å². The molecule has 0 aliphatic carbocycles. The molecule has 1 aliphatic rings. The summed E-state index contributed by atoms with van der Waals surface area (Å²) in [5, 5.41) is 9.33. The predicted octanol–water partition coefficient (Wildman–Crippen LogP) is 3.69. The van der Waals surface area contributed by atoms with E-state index < -0.39 is 0 Å². The van der Waals surface area contributed by atoms with Gasteiger partial charge in [-0.05, 0) is 35.4 Å². The van der Waals surface area contributed by atoms with Gasteiger partial charge in [-0.3, -0.25) is 0 Å². The summed E-state index contributed by atoms with van der Waals surface area (Å²) in [6, 6.07) is 15.5. The Balaban J connectivity index is 1.67. The molecule has 20 heavy (non-hydrogen) atoms. The zero-order chi connectivity index (χ0) is 13.9. The Morgan fingerprint density at radius 3 is 2.20 bits per heavy atom. The Morgan fingerprint density at radius 2 is 1.65 bits per heavy atom. The second-order valence-electron chi connectivity index (χ2n) is 4.79. The Hall–Kier alpha value is -1.27. The molecule has 3 nitrogen and oxygen atoms in total. The van der Waals surface area contributed by atoms with E-state index in [-0.39, 0.29) is 10.0 Å². The fraction of sp³-hybridized carbons (Fsp3) is 0.250. The van der Waals surface area contributed by atoms with Crippen molar-refractivity contribution in [1.82, 2.24) is 0 Å². The van der Waals surface area contributed by atoms with Crippen LogP contribution >= 0.6 is 22.6 Å². The van der Waals surface area contributed by atoms with Crippen molar-refractivity contribution in [3.8, 4) is 11.5 Å². The highest BCUT2D eigenvalue weighted by Gasteiger charge is 2.23. The lowest BCUT2D eigenvalue weighted by Gasteiger charge is -2.12. The number of phenolic OH excluding ortho intramolecular Hbond substituents is 1. The summed E-state index contributed by atoms with van der Waals surface area (Å²) in [7, 11) is 0. The zero-order valence-electron chi connectivity index (χ0n) is 10.8. The first-order valence-electron chi connectivity index (χ1n) is 6.50. The molecular formula is C16H15IO3. The third-order valence-electron chi connectivity index (χ3n) is 3.20. The first-order chi connectivity index (χ1) is 9.72. The first-order valence-corrected chi connectivity index (χ1v) is 7.74. The van der Waals surface area contributed by atoms with Gasteiger partial charge in [0.05, 0.1) is 10.5 Å². The maximum Gasteiger partial charge on any atom is 0.119 e. The Morgan fingerprint density at radius 1 is 1.10 bits per heavy atom. The molecule has 4 heteroatoms. The minimum Gasteiger partial charge on any atom is -0.508 e. The summed E-state index contributed by atoms with van der Waals surface area (Å²) < 4.78 is 11.0. The van der Waals surface area contributed by atoms with Gasteiger partial charge >= 0.3 is 0 Å². The summed E-state index contributed by atoms with van der Waals surface area (Å²) in [6.45, 7) is 1.44. The molecule has 2 unspecified atom stereocenters. The minimum absolute atomic E-state index is 0.258. The van der Waals surface area contributed by atoms with Gasteiger partial charge in [0.15, 0.2) is 0 Å². The summed E-state index contributed by atoms with van der Waals surface area (Å²) in [5.41, 5.74) is 2.38. The van der Waals surface area contributed by atoms with E-state index in [4.69, 9.17) is 9.47 Å². The van der Waals surface area contributed by atoms with Crippen molar-refractivity contribution in [3.63, 3.8) is 0 Å². The molecule has 0 radical (unpaired) electrons. The van der Waals surface area contributed by atoms with Crippen LogP contribution in [-0.2, 0) is 4.74 Å². The van der Waals surface area contributed by atoms with E-state index in [1.807, 2.05) is 24.3 Å². The van der Waals surface area contributed by atoms with E-state index in [1.54, 1.807) is 12.1 Å². The number of alkyl halides is 1. The maximum atomic E-state index is 9.33. The fourth-order valence-electron chi connectivity index (χ4n) is 1.92. The van der Waals surface area contributed by atoms with Crippen LogP contribution < -0.4 is 4.74 Å². The molecule has 2 atom stereocenters. The molecule has 1 heterocycles. The average Bonchev–Trinajstić information content (AvgIpc) is 3.30. The summed E-state index contributed by atoms with van der Waals surface area (Å²) >= 11 is 2.40. The van der Waals surface area contributed by atoms with Crippen molar-refractivity contribution in [2.24, 2.45) is 0 Å². The second kappa shape index (κ2) is 6.01. The second-order valence-corrected chi connectivity index (χ2v) is 6.04. The van der Waals surface area contributed by atoms with Gasteiger partial charge in [-0.1, -0.05) is 46.9 Å². The summed E-state index contributed by atoms with van der Waals surface area (Å²) in [5.74, 6) is 1.17. The van der Waals surface area contributed by atoms with Gasteiger partial charge in [0, 0.05) is 0 Å². The molecule has 0 saturated carbocycles. The number of benzene rings is 2. The van der Waals surface area contributed by atoms with Gasteiger partial charge in [0.25, 0.3) is 0 Å². The molecule has 2 aromatic carbocycles. The lowest BCUT2D eigenvalue weighted by Crippen LogP contribution is -2.04. The van der Waals surface area contributed by atoms with Crippen LogP contribution in [0.5, 0.6) is 11.5 Å². The van der Waals surface area contributed by atoms with E-state index in [0.717, 1.165) is 12.4 Å². The minimum atomic E-state index is 0.258. The number of phenols is 1. The quantitative estimate of drug-likeness (QED) is 0.487. The van der Waals surface area contributed by atoms with Crippen LogP contribution in [0.25, 0.3) is 0 Å². The van der Waals surface area contributed by atoms with Crippen molar-refractivity contribution >= 4 is 22.6 Å². The number of rotatable bonds is 5.